The lowest BCUT2D eigenvalue weighted by Crippen LogP contribution is -1.95. The van der Waals surface area contributed by atoms with E-state index in [0.717, 1.165) is 16.8 Å². The van der Waals surface area contributed by atoms with Crippen molar-refractivity contribution < 1.29 is 17.9 Å². The van der Waals surface area contributed by atoms with Crippen molar-refractivity contribution in [1.82, 2.24) is 4.98 Å². The molecule has 0 spiro atoms. The fourth-order valence-corrected chi connectivity index (χ4v) is 3.52. The van der Waals surface area contributed by atoms with Gasteiger partial charge in [0.05, 0.1) is 5.69 Å². The van der Waals surface area contributed by atoms with Gasteiger partial charge in [-0.05, 0) is 36.4 Å². The number of thiazole rings is 1. The van der Waals surface area contributed by atoms with Gasteiger partial charge >= 0.3 is 0 Å². The van der Waals surface area contributed by atoms with E-state index in [0.29, 0.717) is 16.4 Å². The Morgan fingerprint density at radius 1 is 1.00 bits per heavy atom. The predicted molar refractivity (Wildman–Crippen MR) is 88.8 cm³/mol. The number of thioether (sulfide) groups is 1. The van der Waals surface area contributed by atoms with Gasteiger partial charge in [-0.1, -0.05) is 0 Å². The number of hydrogen-bond donors (Lipinski definition) is 0. The Labute approximate surface area is 145 Å². The van der Waals surface area contributed by atoms with Crippen LogP contribution in [-0.2, 0) is 12.4 Å². The first-order chi connectivity index (χ1) is 11.6. The van der Waals surface area contributed by atoms with Crippen LogP contribution >= 0.6 is 23.1 Å². The van der Waals surface area contributed by atoms with Gasteiger partial charge in [0.15, 0.2) is 0 Å². The molecule has 0 atom stereocenters. The number of hydrogen-bond acceptors (Lipinski definition) is 4. The number of rotatable bonds is 6. The van der Waals surface area contributed by atoms with Gasteiger partial charge in [-0.25, -0.2) is 18.2 Å². The van der Waals surface area contributed by atoms with Crippen LogP contribution in [0.3, 0.4) is 0 Å². The Morgan fingerprint density at radius 3 is 2.50 bits per heavy atom. The van der Waals surface area contributed by atoms with Crippen LogP contribution in [0.2, 0.25) is 0 Å². The van der Waals surface area contributed by atoms with Crippen LogP contribution < -0.4 is 4.74 Å². The third-order valence-electron chi connectivity index (χ3n) is 3.04. The van der Waals surface area contributed by atoms with Gasteiger partial charge < -0.3 is 4.74 Å². The van der Waals surface area contributed by atoms with Crippen molar-refractivity contribution in [2.75, 3.05) is 0 Å². The van der Waals surface area contributed by atoms with Crippen LogP contribution in [0.15, 0.2) is 52.7 Å². The van der Waals surface area contributed by atoms with Gasteiger partial charge in [0.25, 0.3) is 0 Å². The molecule has 0 bridgehead atoms. The zero-order valence-electron chi connectivity index (χ0n) is 12.3. The molecule has 0 radical (unpaired) electrons. The standard InChI is InChI=1S/C17H12F3NOS2/c18-11-1-4-14(5-2-11)22-8-17-21-13(10-24-17)9-23-16-6-3-12(19)7-15(16)20/h1-7,10H,8-9H2. The van der Waals surface area contributed by atoms with Gasteiger partial charge in [-0.3, -0.25) is 0 Å². The molecule has 0 fully saturated rings. The van der Waals surface area contributed by atoms with E-state index >= 15 is 0 Å². The van der Waals surface area contributed by atoms with Crippen LogP contribution in [0.4, 0.5) is 13.2 Å². The molecule has 24 heavy (non-hydrogen) atoms. The summed E-state index contributed by atoms with van der Waals surface area (Å²) in [4.78, 5) is 4.79. The average Bonchev–Trinajstić information content (AvgIpc) is 3.01. The van der Waals surface area contributed by atoms with E-state index < -0.39 is 11.6 Å². The number of benzene rings is 2. The molecule has 7 heteroatoms. The Balaban J connectivity index is 1.54. The first-order valence-electron chi connectivity index (χ1n) is 6.99. The second-order valence-electron chi connectivity index (χ2n) is 4.84. The topological polar surface area (TPSA) is 22.1 Å². The molecule has 124 valence electrons. The minimum absolute atomic E-state index is 0.284. The molecule has 0 saturated carbocycles. The highest BCUT2D eigenvalue weighted by Gasteiger charge is 2.08. The summed E-state index contributed by atoms with van der Waals surface area (Å²) >= 11 is 2.69. The molecule has 0 aliphatic rings. The maximum absolute atomic E-state index is 13.6. The molecule has 3 rings (SSSR count). The minimum atomic E-state index is -0.592. The zero-order chi connectivity index (χ0) is 16.9. The summed E-state index contributed by atoms with van der Waals surface area (Å²) in [6.07, 6.45) is 0. The van der Waals surface area contributed by atoms with Crippen molar-refractivity contribution in [3.63, 3.8) is 0 Å². The number of aromatic nitrogens is 1. The van der Waals surface area contributed by atoms with Crippen LogP contribution in [0.25, 0.3) is 0 Å². The predicted octanol–water partition coefficient (Wildman–Crippen LogP) is 5.43. The van der Waals surface area contributed by atoms with Gasteiger partial charge in [0.2, 0.25) is 0 Å². The highest BCUT2D eigenvalue weighted by Crippen LogP contribution is 2.26. The molecule has 1 heterocycles. The smallest absolute Gasteiger partial charge is 0.140 e. The summed E-state index contributed by atoms with van der Waals surface area (Å²) in [6.45, 7) is 0.284. The molecule has 0 amide bonds. The fourth-order valence-electron chi connectivity index (χ4n) is 1.90. The molecule has 0 N–H and O–H groups in total. The summed E-state index contributed by atoms with van der Waals surface area (Å²) in [5.41, 5.74) is 0.798. The van der Waals surface area contributed by atoms with E-state index in [4.69, 9.17) is 4.74 Å². The molecule has 0 aliphatic carbocycles. The Hall–Kier alpha value is -1.99. The van der Waals surface area contributed by atoms with E-state index in [-0.39, 0.29) is 12.4 Å². The van der Waals surface area contributed by atoms with Crippen molar-refractivity contribution in [2.24, 2.45) is 0 Å². The van der Waals surface area contributed by atoms with Crippen LogP contribution in [0.1, 0.15) is 10.7 Å². The third-order valence-corrected chi connectivity index (χ3v) is 5.00. The quantitative estimate of drug-likeness (QED) is 0.542. The van der Waals surface area contributed by atoms with E-state index in [9.17, 15) is 13.2 Å². The molecule has 1 aromatic heterocycles. The number of halogens is 3. The zero-order valence-corrected chi connectivity index (χ0v) is 14.0. The van der Waals surface area contributed by atoms with Crippen molar-refractivity contribution in [3.8, 4) is 5.75 Å². The normalized spacial score (nSPS) is 10.8. The second-order valence-corrected chi connectivity index (χ2v) is 6.80. The van der Waals surface area contributed by atoms with Crippen LogP contribution in [0.5, 0.6) is 5.75 Å². The van der Waals surface area contributed by atoms with E-state index in [2.05, 4.69) is 4.98 Å². The van der Waals surface area contributed by atoms with Crippen LogP contribution in [0, 0.1) is 17.5 Å². The maximum Gasteiger partial charge on any atom is 0.140 e. The average molecular weight is 367 g/mol. The van der Waals surface area contributed by atoms with Crippen molar-refractivity contribution in [2.45, 2.75) is 17.3 Å². The molecular formula is C17H12F3NOS2. The summed E-state index contributed by atoms with van der Waals surface area (Å²) in [7, 11) is 0. The molecule has 2 aromatic carbocycles. The number of ether oxygens (including phenoxy) is 1. The summed E-state index contributed by atoms with van der Waals surface area (Å²) < 4.78 is 44.8. The van der Waals surface area contributed by atoms with Crippen molar-refractivity contribution in [3.05, 3.63) is 76.0 Å². The van der Waals surface area contributed by atoms with E-state index in [1.807, 2.05) is 5.38 Å². The minimum Gasteiger partial charge on any atom is -0.486 e. The lowest BCUT2D eigenvalue weighted by Gasteiger charge is -2.03. The maximum atomic E-state index is 13.6. The molecular weight excluding hydrogens is 355 g/mol. The molecule has 0 saturated heterocycles. The van der Waals surface area contributed by atoms with Crippen LogP contribution in [-0.4, -0.2) is 4.98 Å². The molecule has 0 unspecified atom stereocenters. The Bertz CT molecular complexity index is 821. The Morgan fingerprint density at radius 2 is 1.75 bits per heavy atom. The largest absolute Gasteiger partial charge is 0.486 e. The van der Waals surface area contributed by atoms with E-state index in [1.165, 1.54) is 47.4 Å². The van der Waals surface area contributed by atoms with E-state index in [1.54, 1.807) is 12.1 Å². The summed E-state index contributed by atoms with van der Waals surface area (Å²) in [6, 6.07) is 9.28. The lowest BCUT2D eigenvalue weighted by molar-refractivity contribution is 0.305. The first kappa shape index (κ1) is 16.9. The molecule has 2 nitrogen and oxygen atoms in total. The molecule has 3 aromatic rings. The first-order valence-corrected chi connectivity index (χ1v) is 8.86. The van der Waals surface area contributed by atoms with Gasteiger partial charge in [0.1, 0.15) is 34.8 Å². The van der Waals surface area contributed by atoms with Crippen molar-refractivity contribution >= 4 is 23.1 Å². The SMILES string of the molecule is Fc1ccc(OCc2nc(CSc3ccc(F)cc3F)cs2)cc1. The summed E-state index contributed by atoms with van der Waals surface area (Å²) in [5.74, 6) is -0.434. The highest BCUT2D eigenvalue weighted by molar-refractivity contribution is 7.98. The lowest BCUT2D eigenvalue weighted by atomic mass is 10.3. The third kappa shape index (κ3) is 4.52. The van der Waals surface area contributed by atoms with Gasteiger partial charge in [-0.15, -0.1) is 23.1 Å². The van der Waals surface area contributed by atoms with Gasteiger partial charge in [-0.2, -0.15) is 0 Å². The van der Waals surface area contributed by atoms with Crippen molar-refractivity contribution in [1.29, 1.82) is 0 Å². The fraction of sp³-hybridized carbons (Fsp3) is 0.118. The molecule has 0 aliphatic heterocycles. The second kappa shape index (κ2) is 7.72. The number of nitrogens with zero attached hydrogens (tertiary/aromatic N) is 1. The highest BCUT2D eigenvalue weighted by atomic mass is 32.2. The van der Waals surface area contributed by atoms with Gasteiger partial charge in [0, 0.05) is 22.1 Å². The Kier molecular flexibility index (Phi) is 5.42. The summed E-state index contributed by atoms with van der Waals surface area (Å²) in [5, 5.41) is 2.65. The monoisotopic (exact) mass is 367 g/mol.